The normalized spacial score (nSPS) is 33.1. The van der Waals surface area contributed by atoms with E-state index in [1.54, 1.807) is 0 Å². The first-order valence-corrected chi connectivity index (χ1v) is 8.97. The van der Waals surface area contributed by atoms with Crippen LogP contribution in [-0.4, -0.2) is 69.2 Å². The number of pyridine rings is 1. The lowest BCUT2D eigenvalue weighted by Gasteiger charge is -2.56. The van der Waals surface area contributed by atoms with Crippen LogP contribution in [0.5, 0.6) is 5.75 Å². The minimum absolute atomic E-state index is 0.0183. The summed E-state index contributed by atoms with van der Waals surface area (Å²) in [6, 6.07) is 2.14. The van der Waals surface area contributed by atoms with E-state index in [0.717, 1.165) is 19.5 Å². The number of nitrogens with zero attached hydrogens (tertiary/aromatic N) is 3. The molecule has 0 unspecified atom stereocenters. The molecule has 3 fully saturated rings. The monoisotopic (exact) mass is 331 g/mol. The Morgan fingerprint density at radius 2 is 2.08 bits per heavy atom. The highest BCUT2D eigenvalue weighted by atomic mass is 16.3. The van der Waals surface area contributed by atoms with Gasteiger partial charge < -0.3 is 15.1 Å². The van der Waals surface area contributed by atoms with Crippen molar-refractivity contribution in [2.24, 2.45) is 11.8 Å². The summed E-state index contributed by atoms with van der Waals surface area (Å²) in [4.78, 5) is 21.2. The van der Waals surface area contributed by atoms with E-state index in [1.165, 1.54) is 37.7 Å². The van der Waals surface area contributed by atoms with Gasteiger partial charge >= 0.3 is 0 Å². The summed E-state index contributed by atoms with van der Waals surface area (Å²) in [5.41, 5.74) is 0.441. The second-order valence-corrected chi connectivity index (χ2v) is 7.45. The number of piperidine rings is 3. The molecule has 0 aliphatic carbocycles. The number of aliphatic hydroxyl groups is 1. The molecule has 3 aliphatic heterocycles. The lowest BCUT2D eigenvalue weighted by Crippen LogP contribution is -2.65. The predicted octanol–water partition coefficient (Wildman–Crippen LogP) is 1.09. The minimum atomic E-state index is -0.0611. The van der Waals surface area contributed by atoms with Gasteiger partial charge in [-0.3, -0.25) is 14.7 Å². The molecule has 1 amide bonds. The Morgan fingerprint density at radius 3 is 2.88 bits per heavy atom. The summed E-state index contributed by atoms with van der Waals surface area (Å²) in [6.45, 7) is 2.70. The third kappa shape index (κ3) is 2.67. The zero-order valence-electron chi connectivity index (χ0n) is 13.8. The molecule has 0 saturated carbocycles. The molecule has 0 radical (unpaired) electrons. The van der Waals surface area contributed by atoms with Crippen molar-refractivity contribution in [3.8, 4) is 5.75 Å². The van der Waals surface area contributed by atoms with Gasteiger partial charge in [-0.1, -0.05) is 6.42 Å². The number of amides is 1. The van der Waals surface area contributed by atoms with Gasteiger partial charge in [0.1, 0.15) is 5.75 Å². The minimum Gasteiger partial charge on any atom is -0.506 e. The number of hydrogen-bond donors (Lipinski definition) is 2. The number of hydrogen-bond acceptors (Lipinski definition) is 5. The van der Waals surface area contributed by atoms with E-state index in [2.05, 4.69) is 9.88 Å². The maximum Gasteiger partial charge on any atom is 0.255 e. The topological polar surface area (TPSA) is 76.9 Å². The number of carbonyl (C=O) groups excluding carboxylic acids is 1. The van der Waals surface area contributed by atoms with Crippen molar-refractivity contribution >= 4 is 5.91 Å². The Bertz CT molecular complexity index is 609. The number of aromatic nitrogens is 1. The van der Waals surface area contributed by atoms with Gasteiger partial charge in [0.2, 0.25) is 0 Å². The lowest BCUT2D eigenvalue weighted by atomic mass is 9.72. The zero-order valence-corrected chi connectivity index (χ0v) is 13.8. The highest BCUT2D eigenvalue weighted by Crippen LogP contribution is 2.41. The molecule has 0 aromatic carbocycles. The zero-order chi connectivity index (χ0) is 16.7. The summed E-state index contributed by atoms with van der Waals surface area (Å²) in [7, 11) is 0. The number of rotatable bonds is 2. The molecule has 4 rings (SSSR count). The maximum absolute atomic E-state index is 12.8. The summed E-state index contributed by atoms with van der Waals surface area (Å²) < 4.78 is 0. The van der Waals surface area contributed by atoms with Crippen LogP contribution in [0.2, 0.25) is 0 Å². The van der Waals surface area contributed by atoms with Crippen molar-refractivity contribution in [3.05, 3.63) is 24.0 Å². The van der Waals surface area contributed by atoms with Crippen LogP contribution in [-0.2, 0) is 0 Å². The highest BCUT2D eigenvalue weighted by Gasteiger charge is 2.47. The molecule has 3 saturated heterocycles. The summed E-state index contributed by atoms with van der Waals surface area (Å²) in [6.07, 6.45) is 7.58. The Morgan fingerprint density at radius 1 is 1.25 bits per heavy atom. The van der Waals surface area contributed by atoms with Gasteiger partial charge in [-0.15, -0.1) is 0 Å². The van der Waals surface area contributed by atoms with Crippen LogP contribution in [0.4, 0.5) is 0 Å². The molecule has 6 nitrogen and oxygen atoms in total. The van der Waals surface area contributed by atoms with Crippen molar-refractivity contribution in [2.45, 2.75) is 37.8 Å². The standard InChI is InChI=1S/C18H25N3O3/c22-11-17-14-5-13(16-3-1-2-4-21(16)17)9-20(10-14)18(24)12-6-15(23)8-19-7-12/h6-8,13-14,16-17,22-23H,1-5,9-11H2/t13-,14+,16+,17+/m1/s1. The van der Waals surface area contributed by atoms with Crippen LogP contribution in [0.25, 0.3) is 0 Å². The Kier molecular flexibility index (Phi) is 4.18. The van der Waals surface area contributed by atoms with Gasteiger partial charge in [0.05, 0.1) is 18.4 Å². The predicted molar refractivity (Wildman–Crippen MR) is 88.6 cm³/mol. The van der Waals surface area contributed by atoms with E-state index in [4.69, 9.17) is 0 Å². The first-order chi connectivity index (χ1) is 11.7. The van der Waals surface area contributed by atoms with Gasteiger partial charge in [-0.2, -0.15) is 0 Å². The number of aromatic hydroxyl groups is 1. The third-order valence-corrected chi connectivity index (χ3v) is 6.07. The fraction of sp³-hybridized carbons (Fsp3) is 0.667. The Balaban J connectivity index is 1.57. The van der Waals surface area contributed by atoms with Gasteiger partial charge in [0.15, 0.2) is 0 Å². The fourth-order valence-electron chi connectivity index (χ4n) is 5.05. The van der Waals surface area contributed by atoms with Crippen molar-refractivity contribution in [1.82, 2.24) is 14.8 Å². The van der Waals surface area contributed by atoms with E-state index in [9.17, 15) is 15.0 Å². The molecule has 2 bridgehead atoms. The van der Waals surface area contributed by atoms with E-state index in [-0.39, 0.29) is 24.3 Å². The first kappa shape index (κ1) is 15.8. The summed E-state index contributed by atoms with van der Waals surface area (Å²) in [5.74, 6) is 0.775. The van der Waals surface area contributed by atoms with Crippen LogP contribution in [0.3, 0.4) is 0 Å². The molecule has 6 heteroatoms. The van der Waals surface area contributed by atoms with E-state index >= 15 is 0 Å². The van der Waals surface area contributed by atoms with Crippen LogP contribution < -0.4 is 0 Å². The largest absolute Gasteiger partial charge is 0.506 e. The lowest BCUT2D eigenvalue weighted by molar-refractivity contribution is -0.0795. The number of carbonyl (C=O) groups is 1. The van der Waals surface area contributed by atoms with E-state index in [0.29, 0.717) is 30.0 Å². The highest BCUT2D eigenvalue weighted by molar-refractivity contribution is 5.94. The fourth-order valence-corrected chi connectivity index (χ4v) is 5.05. The molecule has 130 valence electrons. The van der Waals surface area contributed by atoms with E-state index < -0.39 is 0 Å². The molecule has 24 heavy (non-hydrogen) atoms. The van der Waals surface area contributed by atoms with Crippen molar-refractivity contribution in [3.63, 3.8) is 0 Å². The average Bonchev–Trinajstić information content (AvgIpc) is 2.61. The average molecular weight is 331 g/mol. The second-order valence-electron chi connectivity index (χ2n) is 7.45. The van der Waals surface area contributed by atoms with E-state index in [1.807, 2.05) is 4.90 Å². The number of aliphatic hydroxyl groups excluding tert-OH is 1. The van der Waals surface area contributed by atoms with Crippen molar-refractivity contribution in [1.29, 1.82) is 0 Å². The van der Waals surface area contributed by atoms with Crippen molar-refractivity contribution < 1.29 is 15.0 Å². The Hall–Kier alpha value is -1.66. The van der Waals surface area contributed by atoms with Gasteiger partial charge in [-0.25, -0.2) is 0 Å². The summed E-state index contributed by atoms with van der Waals surface area (Å²) in [5, 5.41) is 19.5. The van der Waals surface area contributed by atoms with Crippen molar-refractivity contribution in [2.75, 3.05) is 26.2 Å². The van der Waals surface area contributed by atoms with Crippen LogP contribution >= 0.6 is 0 Å². The maximum atomic E-state index is 12.8. The third-order valence-electron chi connectivity index (χ3n) is 6.07. The molecular weight excluding hydrogens is 306 g/mol. The smallest absolute Gasteiger partial charge is 0.255 e. The molecule has 4 atom stereocenters. The Labute approximate surface area is 142 Å². The second kappa shape index (κ2) is 6.33. The number of fused-ring (bicyclic) bond motifs is 4. The van der Waals surface area contributed by atoms with Crippen LogP contribution in [0.15, 0.2) is 18.5 Å². The van der Waals surface area contributed by atoms with Gasteiger partial charge in [0, 0.05) is 31.4 Å². The van der Waals surface area contributed by atoms with Crippen LogP contribution in [0.1, 0.15) is 36.0 Å². The molecule has 2 N–H and O–H groups in total. The molecule has 4 heterocycles. The summed E-state index contributed by atoms with van der Waals surface area (Å²) >= 11 is 0. The quantitative estimate of drug-likeness (QED) is 0.848. The molecular formula is C18H25N3O3. The van der Waals surface area contributed by atoms with Crippen LogP contribution in [0, 0.1) is 11.8 Å². The number of likely N-dealkylation sites (tertiary alicyclic amines) is 1. The van der Waals surface area contributed by atoms with Gasteiger partial charge in [0.25, 0.3) is 5.91 Å². The molecule has 1 aromatic heterocycles. The molecule has 0 spiro atoms. The van der Waals surface area contributed by atoms with Gasteiger partial charge in [-0.05, 0) is 43.7 Å². The SMILES string of the molecule is O=C(c1cncc(O)c1)N1C[C@H]2C[C@@H](C1)[C@H](CO)N1CCCC[C@@H]21. The molecule has 1 aromatic rings. The first-order valence-electron chi connectivity index (χ1n) is 8.97. The molecule has 3 aliphatic rings.